The van der Waals surface area contributed by atoms with Crippen molar-refractivity contribution in [3.8, 4) is 18.1 Å². The van der Waals surface area contributed by atoms with Crippen LogP contribution < -0.4 is 4.74 Å². The van der Waals surface area contributed by atoms with Gasteiger partial charge in [-0.25, -0.2) is 4.39 Å². The fourth-order valence-corrected chi connectivity index (χ4v) is 1.21. The fourth-order valence-electron chi connectivity index (χ4n) is 1.21. The van der Waals surface area contributed by atoms with Gasteiger partial charge in [0.25, 0.3) is 0 Å². The van der Waals surface area contributed by atoms with Crippen LogP contribution in [0.1, 0.15) is 19.4 Å². The lowest BCUT2D eigenvalue weighted by Crippen LogP contribution is -2.15. The number of ether oxygens (including phenoxy) is 1. The van der Waals surface area contributed by atoms with Crippen LogP contribution in [-0.2, 0) is 5.41 Å². The third kappa shape index (κ3) is 1.88. The monoisotopic (exact) mass is 192 g/mol. The highest BCUT2D eigenvalue weighted by molar-refractivity contribution is 5.37. The van der Waals surface area contributed by atoms with Gasteiger partial charge in [-0.05, 0) is 19.9 Å². The van der Waals surface area contributed by atoms with Gasteiger partial charge in [0.05, 0.1) is 12.5 Å². The summed E-state index contributed by atoms with van der Waals surface area (Å²) in [7, 11) is 1.50. The summed E-state index contributed by atoms with van der Waals surface area (Å²) in [6.07, 6.45) is 5.33. The van der Waals surface area contributed by atoms with Crippen LogP contribution >= 0.6 is 0 Å². The minimum absolute atomic E-state index is 0.327. The number of hydrogen-bond donors (Lipinski definition) is 0. The first-order chi connectivity index (χ1) is 6.51. The van der Waals surface area contributed by atoms with Crippen molar-refractivity contribution in [2.45, 2.75) is 19.3 Å². The maximum absolute atomic E-state index is 13.5. The van der Waals surface area contributed by atoms with Gasteiger partial charge in [0.2, 0.25) is 0 Å². The second-order valence-corrected chi connectivity index (χ2v) is 3.62. The third-order valence-corrected chi connectivity index (χ3v) is 2.21. The van der Waals surface area contributed by atoms with Crippen molar-refractivity contribution in [3.63, 3.8) is 0 Å². The molecule has 1 nitrogen and oxygen atoms in total. The van der Waals surface area contributed by atoms with Gasteiger partial charge in [-0.15, -0.1) is 6.42 Å². The lowest BCUT2D eigenvalue weighted by atomic mass is 9.85. The Morgan fingerprint density at radius 2 is 2.07 bits per heavy atom. The topological polar surface area (TPSA) is 9.23 Å². The van der Waals surface area contributed by atoms with Crippen LogP contribution in [0, 0.1) is 18.2 Å². The zero-order valence-corrected chi connectivity index (χ0v) is 8.60. The van der Waals surface area contributed by atoms with Crippen molar-refractivity contribution in [3.05, 3.63) is 29.6 Å². The molecule has 0 saturated heterocycles. The molecule has 0 heterocycles. The standard InChI is InChI=1S/C12H13FO/c1-5-12(2,3)10-7-6-9(14-4)8-11(10)13/h1,6-8H,2-4H3. The number of hydrogen-bond acceptors (Lipinski definition) is 1. The number of methoxy groups -OCH3 is 1. The molecule has 0 aliphatic heterocycles. The third-order valence-electron chi connectivity index (χ3n) is 2.21. The van der Waals surface area contributed by atoms with Crippen LogP contribution in [0.2, 0.25) is 0 Å². The molecule has 1 rings (SSSR count). The lowest BCUT2D eigenvalue weighted by molar-refractivity contribution is 0.410. The Labute approximate surface area is 83.9 Å². The van der Waals surface area contributed by atoms with E-state index in [1.807, 2.05) is 0 Å². The Hall–Kier alpha value is -1.49. The van der Waals surface area contributed by atoms with Crippen LogP contribution in [0.15, 0.2) is 18.2 Å². The second kappa shape index (κ2) is 3.71. The van der Waals surface area contributed by atoms with Crippen LogP contribution in [0.3, 0.4) is 0 Å². The van der Waals surface area contributed by atoms with E-state index in [4.69, 9.17) is 11.2 Å². The molecule has 0 atom stereocenters. The Morgan fingerprint density at radius 1 is 1.43 bits per heavy atom. The van der Waals surface area contributed by atoms with Crippen molar-refractivity contribution < 1.29 is 9.13 Å². The first-order valence-electron chi connectivity index (χ1n) is 4.33. The number of terminal acetylenes is 1. The second-order valence-electron chi connectivity index (χ2n) is 3.62. The van der Waals surface area contributed by atoms with Gasteiger partial charge in [0.1, 0.15) is 11.6 Å². The summed E-state index contributed by atoms with van der Waals surface area (Å²) in [6, 6.07) is 4.71. The molecule has 0 fully saturated rings. The zero-order valence-electron chi connectivity index (χ0n) is 8.60. The fraction of sp³-hybridized carbons (Fsp3) is 0.333. The highest BCUT2D eigenvalue weighted by Crippen LogP contribution is 2.27. The van der Waals surface area contributed by atoms with Crippen LogP contribution in [-0.4, -0.2) is 7.11 Å². The molecule has 0 unspecified atom stereocenters. The molecular weight excluding hydrogens is 179 g/mol. The Morgan fingerprint density at radius 3 is 2.50 bits per heavy atom. The van der Waals surface area contributed by atoms with Gasteiger partial charge in [-0.1, -0.05) is 12.0 Å². The number of benzene rings is 1. The zero-order chi connectivity index (χ0) is 10.8. The summed E-state index contributed by atoms with van der Waals surface area (Å²) in [4.78, 5) is 0. The molecule has 74 valence electrons. The van der Waals surface area contributed by atoms with Crippen molar-refractivity contribution in [1.82, 2.24) is 0 Å². The van der Waals surface area contributed by atoms with Crippen molar-refractivity contribution in [1.29, 1.82) is 0 Å². The molecule has 1 aromatic rings. The van der Waals surface area contributed by atoms with E-state index in [0.717, 1.165) is 0 Å². The van der Waals surface area contributed by atoms with E-state index >= 15 is 0 Å². The van der Waals surface area contributed by atoms with Crippen molar-refractivity contribution in [2.24, 2.45) is 0 Å². The largest absolute Gasteiger partial charge is 0.497 e. The van der Waals surface area contributed by atoms with Gasteiger partial charge in [-0.2, -0.15) is 0 Å². The normalized spacial score (nSPS) is 10.8. The van der Waals surface area contributed by atoms with E-state index in [9.17, 15) is 4.39 Å². The minimum Gasteiger partial charge on any atom is -0.497 e. The Kier molecular flexibility index (Phi) is 2.81. The van der Waals surface area contributed by atoms with Crippen molar-refractivity contribution in [2.75, 3.05) is 7.11 Å². The van der Waals surface area contributed by atoms with Gasteiger partial charge >= 0.3 is 0 Å². The summed E-state index contributed by atoms with van der Waals surface area (Å²) >= 11 is 0. The molecule has 0 radical (unpaired) electrons. The van der Waals surface area contributed by atoms with Crippen LogP contribution in [0.5, 0.6) is 5.75 Å². The van der Waals surface area contributed by atoms with Crippen LogP contribution in [0.4, 0.5) is 4.39 Å². The molecule has 0 aliphatic carbocycles. The molecule has 2 heteroatoms. The Bertz CT molecular complexity index is 374. The SMILES string of the molecule is C#CC(C)(C)c1ccc(OC)cc1F. The molecule has 1 aromatic carbocycles. The minimum atomic E-state index is -0.587. The smallest absolute Gasteiger partial charge is 0.131 e. The molecular formula is C12H13FO. The summed E-state index contributed by atoms with van der Waals surface area (Å²) < 4.78 is 18.4. The Balaban J connectivity index is 3.20. The van der Waals surface area contributed by atoms with Gasteiger partial charge in [0.15, 0.2) is 0 Å². The van der Waals surface area contributed by atoms with Gasteiger partial charge in [-0.3, -0.25) is 0 Å². The molecule has 0 N–H and O–H groups in total. The first-order valence-corrected chi connectivity index (χ1v) is 4.33. The maximum atomic E-state index is 13.5. The summed E-state index contributed by atoms with van der Waals surface area (Å²) in [6.45, 7) is 3.61. The molecule has 0 saturated carbocycles. The number of rotatable bonds is 2. The molecule has 0 aliphatic rings. The van der Waals surface area contributed by atoms with E-state index in [1.54, 1.807) is 26.0 Å². The van der Waals surface area contributed by atoms with E-state index in [0.29, 0.717) is 11.3 Å². The predicted molar refractivity (Wildman–Crippen MR) is 54.8 cm³/mol. The van der Waals surface area contributed by atoms with E-state index in [-0.39, 0.29) is 5.82 Å². The molecule has 0 aromatic heterocycles. The van der Waals surface area contributed by atoms with E-state index < -0.39 is 5.41 Å². The molecule has 0 bridgehead atoms. The summed E-state index contributed by atoms with van der Waals surface area (Å²) in [5, 5.41) is 0. The number of halogens is 1. The van der Waals surface area contributed by atoms with E-state index in [2.05, 4.69) is 5.92 Å². The highest BCUT2D eigenvalue weighted by atomic mass is 19.1. The lowest BCUT2D eigenvalue weighted by Gasteiger charge is -2.18. The van der Waals surface area contributed by atoms with Crippen molar-refractivity contribution >= 4 is 0 Å². The highest BCUT2D eigenvalue weighted by Gasteiger charge is 2.21. The van der Waals surface area contributed by atoms with Crippen LogP contribution in [0.25, 0.3) is 0 Å². The van der Waals surface area contributed by atoms with E-state index in [1.165, 1.54) is 13.2 Å². The van der Waals surface area contributed by atoms with Gasteiger partial charge in [0, 0.05) is 11.6 Å². The first kappa shape index (κ1) is 10.6. The average Bonchev–Trinajstić information content (AvgIpc) is 2.17. The summed E-state index contributed by atoms with van der Waals surface area (Å²) in [5.41, 5.74) is -0.0723. The molecule has 0 spiro atoms. The quantitative estimate of drug-likeness (QED) is 0.655. The molecule has 0 amide bonds. The average molecular weight is 192 g/mol. The predicted octanol–water partition coefficient (Wildman–Crippen LogP) is 2.75. The summed E-state index contributed by atoms with van der Waals surface area (Å²) in [5.74, 6) is 2.73. The molecule has 14 heavy (non-hydrogen) atoms. The maximum Gasteiger partial charge on any atom is 0.131 e. The van der Waals surface area contributed by atoms with Gasteiger partial charge < -0.3 is 4.74 Å².